The third kappa shape index (κ3) is 6.32. The van der Waals surface area contributed by atoms with E-state index in [2.05, 4.69) is 5.32 Å². The van der Waals surface area contributed by atoms with Gasteiger partial charge in [0.1, 0.15) is 6.10 Å². The highest BCUT2D eigenvalue weighted by atomic mass is 28.1. The first-order valence-corrected chi connectivity index (χ1v) is 8.82. The van der Waals surface area contributed by atoms with E-state index in [0.29, 0.717) is 26.2 Å². The summed E-state index contributed by atoms with van der Waals surface area (Å²) in [5.41, 5.74) is 0. The Balaban J connectivity index is 5.01. The van der Waals surface area contributed by atoms with Crippen LogP contribution in [0.4, 0.5) is 0 Å². The molecule has 0 aliphatic carbocycles. The van der Waals surface area contributed by atoms with Crippen molar-refractivity contribution < 1.29 is 24.1 Å². The number of aliphatic hydroxyl groups is 1. The topological polar surface area (TPSA) is 77.0 Å². The number of amides is 1. The minimum atomic E-state index is -1.23. The third-order valence-electron chi connectivity index (χ3n) is 2.76. The van der Waals surface area contributed by atoms with E-state index in [9.17, 15) is 4.79 Å². The van der Waals surface area contributed by atoms with Gasteiger partial charge >= 0.3 is 0 Å². The van der Waals surface area contributed by atoms with Crippen molar-refractivity contribution in [1.82, 2.24) is 5.32 Å². The molecule has 1 atom stereocenters. The predicted octanol–water partition coefficient (Wildman–Crippen LogP) is -0.209. The summed E-state index contributed by atoms with van der Waals surface area (Å²) in [6.07, 6.45) is 0.329. The molecule has 0 radical (unpaired) electrons. The molecule has 0 aromatic rings. The number of carbonyl (C=O) groups is 1. The Morgan fingerprint density at radius 1 is 1.25 bits per heavy atom. The van der Waals surface area contributed by atoms with E-state index in [1.165, 1.54) is 0 Å². The number of hydrogen-bond acceptors (Lipinski definition) is 5. The summed E-state index contributed by atoms with van der Waals surface area (Å²) in [6, 6.07) is 0.786. The van der Waals surface area contributed by atoms with Crippen LogP contribution in [0.3, 0.4) is 0 Å². The quantitative estimate of drug-likeness (QED) is 0.385. The van der Waals surface area contributed by atoms with Gasteiger partial charge < -0.3 is 24.6 Å². The summed E-state index contributed by atoms with van der Waals surface area (Å²) >= 11 is 0. The molecular weight excluding hydrogens is 278 g/mol. The lowest BCUT2D eigenvalue weighted by Gasteiger charge is -2.39. The fraction of sp³-hybridized carbons (Fsp3) is 0.923. The number of ether oxygens (including phenoxy) is 3. The number of aliphatic hydroxyl groups excluding tert-OH is 1. The van der Waals surface area contributed by atoms with Gasteiger partial charge in [0, 0.05) is 43.1 Å². The Morgan fingerprint density at radius 3 is 2.25 bits per heavy atom. The highest BCUT2D eigenvalue weighted by Crippen LogP contribution is 2.21. The summed E-state index contributed by atoms with van der Waals surface area (Å²) in [5.74, 6) is -1.44. The van der Waals surface area contributed by atoms with Crippen molar-refractivity contribution in [3.05, 3.63) is 0 Å². The Bertz CT molecular complexity index is 259. The Labute approximate surface area is 124 Å². The average molecular weight is 307 g/mol. The highest BCUT2D eigenvalue weighted by molar-refractivity contribution is 6.09. The smallest absolute Gasteiger partial charge is 0.278 e. The van der Waals surface area contributed by atoms with Crippen LogP contribution in [0.1, 0.15) is 33.6 Å². The fourth-order valence-electron chi connectivity index (χ4n) is 2.00. The van der Waals surface area contributed by atoms with Crippen molar-refractivity contribution >= 4 is 16.1 Å². The second-order valence-corrected chi connectivity index (χ2v) is 5.08. The van der Waals surface area contributed by atoms with E-state index in [-0.39, 0.29) is 25.0 Å². The first-order chi connectivity index (χ1) is 9.60. The van der Waals surface area contributed by atoms with E-state index in [1.807, 2.05) is 20.8 Å². The number of rotatable bonds is 12. The standard InChI is InChI=1S/C13H29NO5Si/c1-4-17-11(10-20)13(18-5-2,19-6-3)14-12(16)8-7-9-15/h11,15H,4-10H2,1-3,20H3,(H,14,16). The molecule has 0 aliphatic heterocycles. The normalized spacial score (nSPS) is 13.4. The van der Waals surface area contributed by atoms with Crippen LogP contribution >= 0.6 is 0 Å². The molecule has 1 amide bonds. The highest BCUT2D eigenvalue weighted by Gasteiger charge is 2.42. The molecule has 120 valence electrons. The van der Waals surface area contributed by atoms with Crippen LogP contribution in [0.5, 0.6) is 0 Å². The number of nitrogens with one attached hydrogen (secondary N) is 1. The number of hydrogen-bond donors (Lipinski definition) is 2. The van der Waals surface area contributed by atoms with Crippen LogP contribution in [-0.4, -0.2) is 59.7 Å². The van der Waals surface area contributed by atoms with E-state index in [1.54, 1.807) is 0 Å². The van der Waals surface area contributed by atoms with Crippen molar-refractivity contribution in [2.24, 2.45) is 0 Å². The fourth-order valence-corrected chi connectivity index (χ4v) is 2.78. The van der Waals surface area contributed by atoms with Gasteiger partial charge in [-0.25, -0.2) is 0 Å². The van der Waals surface area contributed by atoms with Gasteiger partial charge in [-0.2, -0.15) is 0 Å². The monoisotopic (exact) mass is 307 g/mol. The van der Waals surface area contributed by atoms with Crippen LogP contribution in [0, 0.1) is 0 Å². The molecule has 0 aliphatic rings. The van der Waals surface area contributed by atoms with Gasteiger partial charge in [-0.05, 0) is 33.2 Å². The van der Waals surface area contributed by atoms with E-state index in [0.717, 1.165) is 16.3 Å². The molecule has 0 saturated carbocycles. The molecule has 6 nitrogen and oxygen atoms in total. The van der Waals surface area contributed by atoms with Crippen molar-refractivity contribution in [1.29, 1.82) is 0 Å². The molecule has 2 N–H and O–H groups in total. The van der Waals surface area contributed by atoms with Crippen LogP contribution in [0.2, 0.25) is 6.04 Å². The Morgan fingerprint density at radius 2 is 1.85 bits per heavy atom. The summed E-state index contributed by atoms with van der Waals surface area (Å²) in [7, 11) is 0.909. The molecule has 0 fully saturated rings. The van der Waals surface area contributed by atoms with Crippen molar-refractivity contribution in [3.63, 3.8) is 0 Å². The predicted molar refractivity (Wildman–Crippen MR) is 80.6 cm³/mol. The first-order valence-electron chi connectivity index (χ1n) is 7.41. The Kier molecular flexibility index (Phi) is 10.9. The third-order valence-corrected chi connectivity index (χ3v) is 3.50. The molecular formula is C13H29NO5Si. The van der Waals surface area contributed by atoms with Crippen LogP contribution in [0.15, 0.2) is 0 Å². The largest absolute Gasteiger partial charge is 0.396 e. The maximum atomic E-state index is 12.0. The molecule has 0 bridgehead atoms. The van der Waals surface area contributed by atoms with Gasteiger partial charge in [0.2, 0.25) is 5.91 Å². The SMILES string of the molecule is CCOC(C[SiH3])C(NC(=O)CCCO)(OCC)OCC. The van der Waals surface area contributed by atoms with Crippen molar-refractivity contribution in [2.45, 2.75) is 51.7 Å². The minimum absolute atomic E-state index is 0.0146. The number of carbonyl (C=O) groups excluding carboxylic acids is 1. The average Bonchev–Trinajstić information content (AvgIpc) is 2.42. The lowest BCUT2D eigenvalue weighted by Crippen LogP contribution is -2.61. The zero-order chi connectivity index (χ0) is 15.4. The van der Waals surface area contributed by atoms with E-state index in [4.69, 9.17) is 19.3 Å². The summed E-state index contributed by atoms with van der Waals surface area (Å²) < 4.78 is 17.1. The maximum Gasteiger partial charge on any atom is 0.278 e. The summed E-state index contributed by atoms with van der Waals surface area (Å²) in [4.78, 5) is 12.0. The molecule has 0 aromatic heterocycles. The molecule has 20 heavy (non-hydrogen) atoms. The molecule has 0 rings (SSSR count). The second kappa shape index (κ2) is 11.2. The molecule has 7 heteroatoms. The van der Waals surface area contributed by atoms with E-state index >= 15 is 0 Å². The van der Waals surface area contributed by atoms with Gasteiger partial charge in [-0.1, -0.05) is 0 Å². The summed E-state index contributed by atoms with van der Waals surface area (Å²) in [5, 5.41) is 11.6. The van der Waals surface area contributed by atoms with Crippen molar-refractivity contribution in [3.8, 4) is 0 Å². The van der Waals surface area contributed by atoms with Crippen LogP contribution in [0.25, 0.3) is 0 Å². The van der Waals surface area contributed by atoms with Crippen LogP contribution < -0.4 is 5.32 Å². The maximum absolute atomic E-state index is 12.0. The van der Waals surface area contributed by atoms with Gasteiger partial charge in [0.05, 0.1) is 0 Å². The minimum Gasteiger partial charge on any atom is -0.396 e. The van der Waals surface area contributed by atoms with Gasteiger partial charge in [-0.15, -0.1) is 0 Å². The van der Waals surface area contributed by atoms with Crippen molar-refractivity contribution in [2.75, 3.05) is 26.4 Å². The van der Waals surface area contributed by atoms with Crippen LogP contribution in [-0.2, 0) is 19.0 Å². The van der Waals surface area contributed by atoms with Gasteiger partial charge in [0.25, 0.3) is 5.91 Å². The lowest BCUT2D eigenvalue weighted by atomic mass is 10.2. The zero-order valence-electron chi connectivity index (χ0n) is 13.1. The lowest BCUT2D eigenvalue weighted by molar-refractivity contribution is -0.297. The van der Waals surface area contributed by atoms with Gasteiger partial charge in [-0.3, -0.25) is 4.79 Å². The zero-order valence-corrected chi connectivity index (χ0v) is 15.1. The second-order valence-electron chi connectivity index (χ2n) is 4.26. The molecule has 0 saturated heterocycles. The summed E-state index contributed by atoms with van der Waals surface area (Å²) in [6.45, 7) is 6.94. The Hall–Kier alpha value is -0.473. The molecule has 0 spiro atoms. The molecule has 0 aromatic carbocycles. The van der Waals surface area contributed by atoms with E-state index < -0.39 is 5.91 Å². The first kappa shape index (κ1) is 19.5. The molecule has 1 unspecified atom stereocenters. The van der Waals surface area contributed by atoms with Gasteiger partial charge in [0.15, 0.2) is 0 Å². The molecule has 0 heterocycles.